The highest BCUT2D eigenvalue weighted by molar-refractivity contribution is 5.74. The van der Waals surface area contributed by atoms with Gasteiger partial charge in [0.25, 0.3) is 0 Å². The Labute approximate surface area is 612 Å². The maximum Gasteiger partial charge on any atom is 0.0701 e. The van der Waals surface area contributed by atoms with Gasteiger partial charge < -0.3 is 0 Å². The summed E-state index contributed by atoms with van der Waals surface area (Å²) in [4.78, 5) is 0. The highest BCUT2D eigenvalue weighted by Crippen LogP contribution is 2.49. The third kappa shape index (κ3) is 13.9. The molecule has 0 spiro atoms. The van der Waals surface area contributed by atoms with E-state index in [9.17, 15) is 0 Å². The van der Waals surface area contributed by atoms with Crippen LogP contribution in [-0.4, -0.2) is 0 Å². The molecule has 0 aliphatic carbocycles. The molecule has 16 aromatic carbocycles. The molecule has 16 aromatic rings. The minimum absolute atomic E-state index is 0.647. The molecule has 16 rings (SSSR count). The largest absolute Gasteiger partial charge is 0.0701 e. The number of benzene rings is 16. The first-order valence-corrected chi connectivity index (χ1v) is 35.8. The van der Waals surface area contributed by atoms with Crippen molar-refractivity contribution in [2.75, 3.05) is 0 Å². The maximum atomic E-state index is 3.31. The highest BCUT2D eigenvalue weighted by atomic mass is 14.4. The topological polar surface area (TPSA) is 0 Å². The molecule has 0 bridgehead atoms. The quantitative estimate of drug-likeness (QED) is 0.0593. The average Bonchev–Trinajstić information content (AvgIpc) is 0.736. The zero-order valence-electron chi connectivity index (χ0n) is 57.8. The Hall–Kier alpha value is -13.4. The van der Waals surface area contributed by atoms with E-state index in [1.807, 2.05) is 0 Å². The molecule has 0 heteroatoms. The van der Waals surface area contributed by atoms with E-state index in [4.69, 9.17) is 0 Å². The molecule has 0 fully saturated rings. The van der Waals surface area contributed by atoms with Crippen LogP contribution in [0.25, 0.3) is 66.8 Å². The number of hydrogen-bond acceptors (Lipinski definition) is 0. The zero-order chi connectivity index (χ0) is 69.8. The Morgan fingerprint density at radius 3 is 0.462 bits per heavy atom. The van der Waals surface area contributed by atoms with Crippen LogP contribution in [0.1, 0.15) is 77.9 Å². The van der Waals surface area contributed by atoms with Crippen LogP contribution in [0, 0.1) is 23.7 Å². The minimum atomic E-state index is -0.647. The molecule has 0 N–H and O–H groups in total. The van der Waals surface area contributed by atoms with Crippen LogP contribution < -0.4 is 0 Å². The van der Waals surface area contributed by atoms with Crippen LogP contribution >= 0.6 is 0 Å². The van der Waals surface area contributed by atoms with Gasteiger partial charge in [-0.3, -0.25) is 0 Å². The standard InChI is InChI=1S/C104H74/c1-7-23-83(24-8-1)89-47-63-97(64-48-89)103(98-65-49-90(50-66-98)84-25-9-2-10-26-84,99-67-51-91(52-68-99)85-27-11-3-12-28-85)95-59-43-81(44-60-95)75-79-39-35-77(36-40-79)21-19-20-22-78-37-41-80(42-38-78)76-82-45-61-96(62-46-82)104(100-69-53-92(54-70-100)86-29-13-4-14-30-86,101-71-55-93(56-72-101)87-31-15-5-16-32-87)102-73-57-94(58-74-102)88-33-17-6-18-34-88/h1-18,23-74H,75-76H2. The Morgan fingerprint density at radius 2 is 0.288 bits per heavy atom. The molecule has 0 saturated carbocycles. The summed E-state index contributed by atoms with van der Waals surface area (Å²) >= 11 is 0. The summed E-state index contributed by atoms with van der Waals surface area (Å²) in [5.41, 5.74) is 29.3. The molecule has 0 radical (unpaired) electrons. The van der Waals surface area contributed by atoms with E-state index in [0.717, 1.165) is 24.0 Å². The normalized spacial score (nSPS) is 11.2. The summed E-state index contributed by atoms with van der Waals surface area (Å²) in [6.45, 7) is 0. The van der Waals surface area contributed by atoms with Gasteiger partial charge in [-0.2, -0.15) is 0 Å². The molecule has 490 valence electrons. The van der Waals surface area contributed by atoms with Crippen molar-refractivity contribution in [3.63, 3.8) is 0 Å². The van der Waals surface area contributed by atoms with E-state index in [2.05, 4.69) is 448 Å². The summed E-state index contributed by atoms with van der Waals surface area (Å²) in [7, 11) is 0. The van der Waals surface area contributed by atoms with Gasteiger partial charge >= 0.3 is 0 Å². The second kappa shape index (κ2) is 30.2. The molecule has 0 amide bonds. The van der Waals surface area contributed by atoms with Gasteiger partial charge in [-0.25, -0.2) is 0 Å². The summed E-state index contributed by atoms with van der Waals surface area (Å²) in [6.07, 6.45) is 1.57. The summed E-state index contributed by atoms with van der Waals surface area (Å²) in [5.74, 6) is 12.9. The van der Waals surface area contributed by atoms with Gasteiger partial charge in [0.2, 0.25) is 0 Å². The Balaban J connectivity index is 0.636. The van der Waals surface area contributed by atoms with Gasteiger partial charge in [0.15, 0.2) is 0 Å². The van der Waals surface area contributed by atoms with Crippen molar-refractivity contribution in [2.24, 2.45) is 0 Å². The Bertz CT molecular complexity index is 4850. The van der Waals surface area contributed by atoms with Crippen molar-refractivity contribution in [1.82, 2.24) is 0 Å². The van der Waals surface area contributed by atoms with Gasteiger partial charge in [-0.05, 0) is 182 Å². The van der Waals surface area contributed by atoms with Gasteiger partial charge in [0, 0.05) is 11.1 Å². The number of rotatable bonds is 18. The first kappa shape index (κ1) is 65.3. The van der Waals surface area contributed by atoms with E-state index < -0.39 is 10.8 Å². The summed E-state index contributed by atoms with van der Waals surface area (Å²) in [6, 6.07) is 155. The van der Waals surface area contributed by atoms with Gasteiger partial charge in [0.1, 0.15) is 0 Å². The lowest BCUT2D eigenvalue weighted by Gasteiger charge is -2.37. The van der Waals surface area contributed by atoms with Crippen molar-refractivity contribution in [1.29, 1.82) is 0 Å². The predicted octanol–water partition coefficient (Wildman–Crippen LogP) is 25.0. The van der Waals surface area contributed by atoms with Crippen molar-refractivity contribution < 1.29 is 0 Å². The van der Waals surface area contributed by atoms with E-state index in [-0.39, 0.29) is 0 Å². The van der Waals surface area contributed by atoms with Crippen LogP contribution in [0.2, 0.25) is 0 Å². The van der Waals surface area contributed by atoms with E-state index in [1.165, 1.54) is 134 Å². The second-order valence-electron chi connectivity index (χ2n) is 26.8. The predicted molar refractivity (Wildman–Crippen MR) is 434 cm³/mol. The van der Waals surface area contributed by atoms with E-state index in [0.29, 0.717) is 0 Å². The van der Waals surface area contributed by atoms with Gasteiger partial charge in [-0.1, -0.05) is 412 Å². The molecule has 0 unspecified atom stereocenters. The first-order chi connectivity index (χ1) is 51.5. The Kier molecular flexibility index (Phi) is 19.0. The third-order valence-corrected chi connectivity index (χ3v) is 20.5. The Morgan fingerprint density at radius 1 is 0.144 bits per heavy atom. The molecule has 0 saturated heterocycles. The SMILES string of the molecule is C(C#Cc1ccc(Cc2ccc(C(c3ccc(-c4ccccc4)cc3)(c3ccc(-c4ccccc4)cc3)c3ccc(-c4ccccc4)cc3)cc2)cc1)#Cc1ccc(Cc2ccc(C(c3ccc(-c4ccccc4)cc3)(c3ccc(-c4ccccc4)cc3)c3ccc(-c4ccccc4)cc3)cc2)cc1. The van der Waals surface area contributed by atoms with Crippen LogP contribution in [0.3, 0.4) is 0 Å². The van der Waals surface area contributed by atoms with Crippen molar-refractivity contribution >= 4 is 0 Å². The van der Waals surface area contributed by atoms with Crippen molar-refractivity contribution in [3.05, 3.63) is 503 Å². The fraction of sp³-hybridized carbons (Fsp3) is 0.0385. The molecule has 0 aromatic heterocycles. The number of hydrogen-bond donors (Lipinski definition) is 0. The zero-order valence-corrected chi connectivity index (χ0v) is 57.8. The van der Waals surface area contributed by atoms with Crippen LogP contribution in [-0.2, 0) is 23.7 Å². The van der Waals surface area contributed by atoms with E-state index in [1.54, 1.807) is 0 Å². The summed E-state index contributed by atoms with van der Waals surface area (Å²) < 4.78 is 0. The third-order valence-electron chi connectivity index (χ3n) is 20.5. The van der Waals surface area contributed by atoms with Crippen molar-refractivity contribution in [2.45, 2.75) is 23.7 Å². The molecule has 0 atom stereocenters. The van der Waals surface area contributed by atoms with Crippen LogP contribution in [0.5, 0.6) is 0 Å². The lowest BCUT2D eigenvalue weighted by Crippen LogP contribution is -2.31. The van der Waals surface area contributed by atoms with Gasteiger partial charge in [0.05, 0.1) is 10.8 Å². The molecular formula is C104H74. The molecule has 0 aliphatic heterocycles. The average molecular weight is 1320 g/mol. The highest BCUT2D eigenvalue weighted by Gasteiger charge is 2.40. The molecule has 104 heavy (non-hydrogen) atoms. The summed E-state index contributed by atoms with van der Waals surface area (Å²) in [5, 5.41) is 0. The van der Waals surface area contributed by atoms with E-state index >= 15 is 0 Å². The molecule has 0 nitrogen and oxygen atoms in total. The second-order valence-corrected chi connectivity index (χ2v) is 26.8. The molecule has 0 aliphatic rings. The van der Waals surface area contributed by atoms with Gasteiger partial charge in [-0.15, -0.1) is 0 Å². The molecular weight excluding hydrogens is 1250 g/mol. The maximum absolute atomic E-state index is 3.31. The van der Waals surface area contributed by atoms with Crippen LogP contribution in [0.15, 0.2) is 425 Å². The van der Waals surface area contributed by atoms with Crippen LogP contribution in [0.4, 0.5) is 0 Å². The fourth-order valence-electron chi connectivity index (χ4n) is 15.1. The first-order valence-electron chi connectivity index (χ1n) is 35.8. The molecule has 0 heterocycles. The monoisotopic (exact) mass is 1320 g/mol. The minimum Gasteiger partial charge on any atom is -0.0622 e. The lowest BCUT2D eigenvalue weighted by atomic mass is 9.64. The fourth-order valence-corrected chi connectivity index (χ4v) is 15.1. The van der Waals surface area contributed by atoms with Crippen molar-refractivity contribution in [3.8, 4) is 90.4 Å². The lowest BCUT2D eigenvalue weighted by molar-refractivity contribution is 0.745. The smallest absolute Gasteiger partial charge is 0.0622 e.